The molecule has 0 heterocycles. The molecule has 0 aliphatic carbocycles. The Morgan fingerprint density at radius 2 is 2.22 bits per heavy atom. The van der Waals surface area contributed by atoms with Gasteiger partial charge in [-0.1, -0.05) is 13.3 Å². The predicted molar refractivity (Wildman–Crippen MR) is 42.8 cm³/mol. The molecule has 1 heteroatoms. The lowest BCUT2D eigenvalue weighted by molar-refractivity contribution is 0.824. The fourth-order valence-electron chi connectivity index (χ4n) is 0.521. The first-order valence-corrected chi connectivity index (χ1v) is 3.58. The first-order valence-electron chi connectivity index (χ1n) is 3.58. The monoisotopic (exact) mass is 126 g/mol. The molecule has 0 unspecified atom stereocenters. The molecule has 1 nitrogen and oxygen atoms in total. The third kappa shape index (κ3) is 7.67. The quantitative estimate of drug-likeness (QED) is 0.405. The van der Waals surface area contributed by atoms with Crippen LogP contribution in [0.3, 0.4) is 0 Å². The molecule has 0 bridgehead atoms. The van der Waals surface area contributed by atoms with Crippen LogP contribution >= 0.6 is 0 Å². The van der Waals surface area contributed by atoms with Crippen molar-refractivity contribution >= 4 is 6.21 Å². The van der Waals surface area contributed by atoms with Gasteiger partial charge in [-0.25, -0.2) is 0 Å². The maximum absolute atomic E-state index is 4.21. The van der Waals surface area contributed by atoms with Crippen LogP contribution in [0.15, 0.2) is 4.99 Å². The molecule has 0 amide bonds. The Kier molecular flexibility index (Phi) is 5.59. The second-order valence-electron chi connectivity index (χ2n) is 2.42. The summed E-state index contributed by atoms with van der Waals surface area (Å²) in [6, 6.07) is 0.454. The summed E-state index contributed by atoms with van der Waals surface area (Å²) >= 11 is 0. The number of unbranched alkanes of at least 4 members (excludes halogenated alkanes) is 2. The highest BCUT2D eigenvalue weighted by atomic mass is 14.7. The summed E-state index contributed by atoms with van der Waals surface area (Å²) in [7, 11) is 0. The van der Waals surface area contributed by atoms with Gasteiger partial charge in [0.1, 0.15) is 0 Å². The summed E-state index contributed by atoms with van der Waals surface area (Å²) in [5.41, 5.74) is 0. The molecular weight excluding hydrogens is 110 g/mol. The third-order valence-electron chi connectivity index (χ3n) is 0.987. The van der Waals surface area contributed by atoms with Gasteiger partial charge in [-0.05, 0) is 32.9 Å². The van der Waals surface area contributed by atoms with Gasteiger partial charge in [-0.3, -0.25) is 4.99 Å². The van der Waals surface area contributed by atoms with Gasteiger partial charge in [0.05, 0.1) is 0 Å². The molecular formula is C8H16N. The summed E-state index contributed by atoms with van der Waals surface area (Å²) in [4.78, 5) is 4.21. The summed E-state index contributed by atoms with van der Waals surface area (Å²) in [5, 5.41) is 0. The molecule has 0 saturated carbocycles. The molecule has 0 rings (SSSR count). The lowest BCUT2D eigenvalue weighted by atomic mass is 10.3. The topological polar surface area (TPSA) is 12.4 Å². The standard InChI is InChI=1S/C8H16N/c1-4-5-6-7-9-8(2)3/h7-8H,1,4-6H2,2-3H3. The number of nitrogens with zero attached hydrogens (tertiary/aromatic N) is 1. The van der Waals surface area contributed by atoms with E-state index in [9.17, 15) is 0 Å². The van der Waals surface area contributed by atoms with E-state index in [0.29, 0.717) is 6.04 Å². The average molecular weight is 126 g/mol. The maximum atomic E-state index is 4.21. The fourth-order valence-corrected chi connectivity index (χ4v) is 0.521. The minimum absolute atomic E-state index is 0.454. The Morgan fingerprint density at radius 1 is 1.56 bits per heavy atom. The van der Waals surface area contributed by atoms with Gasteiger partial charge in [0.25, 0.3) is 0 Å². The largest absolute Gasteiger partial charge is 0.295 e. The van der Waals surface area contributed by atoms with Crippen LogP contribution < -0.4 is 0 Å². The van der Waals surface area contributed by atoms with Crippen molar-refractivity contribution in [1.82, 2.24) is 0 Å². The van der Waals surface area contributed by atoms with E-state index in [1.807, 2.05) is 6.21 Å². The molecule has 0 fully saturated rings. The van der Waals surface area contributed by atoms with Crippen LogP contribution in [-0.2, 0) is 0 Å². The maximum Gasteiger partial charge on any atom is 0.0439 e. The lowest BCUT2D eigenvalue weighted by Gasteiger charge is -1.92. The van der Waals surface area contributed by atoms with E-state index in [1.165, 1.54) is 0 Å². The van der Waals surface area contributed by atoms with Crippen molar-refractivity contribution < 1.29 is 0 Å². The molecule has 0 atom stereocenters. The van der Waals surface area contributed by atoms with Crippen molar-refractivity contribution in [2.45, 2.75) is 39.2 Å². The number of rotatable bonds is 4. The first-order chi connectivity index (χ1) is 4.27. The van der Waals surface area contributed by atoms with Gasteiger partial charge in [0.15, 0.2) is 0 Å². The van der Waals surface area contributed by atoms with Gasteiger partial charge < -0.3 is 0 Å². The van der Waals surface area contributed by atoms with E-state index in [4.69, 9.17) is 0 Å². The van der Waals surface area contributed by atoms with Gasteiger partial charge in [0, 0.05) is 6.04 Å². The third-order valence-corrected chi connectivity index (χ3v) is 0.987. The van der Waals surface area contributed by atoms with Crippen molar-refractivity contribution in [3.8, 4) is 0 Å². The molecule has 0 aromatic heterocycles. The van der Waals surface area contributed by atoms with Crippen LogP contribution in [0.4, 0.5) is 0 Å². The SMILES string of the molecule is [CH2]CCCC=NC(C)C. The Morgan fingerprint density at radius 3 is 2.67 bits per heavy atom. The molecule has 0 aliphatic rings. The molecule has 9 heavy (non-hydrogen) atoms. The molecule has 0 saturated heterocycles. The van der Waals surface area contributed by atoms with E-state index in [0.717, 1.165) is 19.3 Å². The van der Waals surface area contributed by atoms with Crippen LogP contribution in [0, 0.1) is 6.92 Å². The number of hydrogen-bond acceptors (Lipinski definition) is 1. The normalized spacial score (nSPS) is 11.6. The van der Waals surface area contributed by atoms with Crippen molar-refractivity contribution in [3.63, 3.8) is 0 Å². The van der Waals surface area contributed by atoms with Crippen molar-refractivity contribution in [2.75, 3.05) is 0 Å². The molecule has 0 aromatic rings. The second-order valence-corrected chi connectivity index (χ2v) is 2.42. The highest BCUT2D eigenvalue weighted by molar-refractivity contribution is 5.57. The number of aliphatic imine (C=N–C) groups is 1. The highest BCUT2D eigenvalue weighted by Gasteiger charge is 1.82. The molecule has 0 aromatic carbocycles. The zero-order valence-corrected chi connectivity index (χ0v) is 6.43. The Balaban J connectivity index is 3.04. The molecule has 1 radical (unpaired) electrons. The van der Waals surface area contributed by atoms with E-state index >= 15 is 0 Å². The van der Waals surface area contributed by atoms with Crippen molar-refractivity contribution in [1.29, 1.82) is 0 Å². The van der Waals surface area contributed by atoms with Crippen LogP contribution in [0.25, 0.3) is 0 Å². The van der Waals surface area contributed by atoms with Gasteiger partial charge >= 0.3 is 0 Å². The zero-order chi connectivity index (χ0) is 7.11. The van der Waals surface area contributed by atoms with Gasteiger partial charge in [0.2, 0.25) is 0 Å². The molecule has 0 spiro atoms. The van der Waals surface area contributed by atoms with Crippen molar-refractivity contribution in [3.05, 3.63) is 6.92 Å². The minimum atomic E-state index is 0.454. The number of hydrogen-bond donors (Lipinski definition) is 0. The minimum Gasteiger partial charge on any atom is -0.295 e. The van der Waals surface area contributed by atoms with Crippen LogP contribution in [0.2, 0.25) is 0 Å². The van der Waals surface area contributed by atoms with E-state index in [1.54, 1.807) is 0 Å². The second kappa shape index (κ2) is 5.80. The highest BCUT2D eigenvalue weighted by Crippen LogP contribution is 1.91. The fraction of sp³-hybridized carbons (Fsp3) is 0.750. The summed E-state index contributed by atoms with van der Waals surface area (Å²) in [5.74, 6) is 0. The lowest BCUT2D eigenvalue weighted by Crippen LogP contribution is -1.88. The van der Waals surface area contributed by atoms with Crippen molar-refractivity contribution in [2.24, 2.45) is 4.99 Å². The van der Waals surface area contributed by atoms with Gasteiger partial charge in [-0.2, -0.15) is 0 Å². The van der Waals surface area contributed by atoms with E-state index in [-0.39, 0.29) is 0 Å². The molecule has 53 valence electrons. The van der Waals surface area contributed by atoms with Crippen LogP contribution in [0.5, 0.6) is 0 Å². The Hall–Kier alpha value is -0.330. The molecule has 0 N–H and O–H groups in total. The Labute approximate surface area is 58.2 Å². The smallest absolute Gasteiger partial charge is 0.0439 e. The van der Waals surface area contributed by atoms with Gasteiger partial charge in [-0.15, -0.1) is 0 Å². The van der Waals surface area contributed by atoms with E-state index < -0.39 is 0 Å². The Bertz CT molecular complexity index is 74.6. The summed E-state index contributed by atoms with van der Waals surface area (Å²) < 4.78 is 0. The molecule has 0 aliphatic heterocycles. The predicted octanol–water partition coefficient (Wildman–Crippen LogP) is 2.47. The van der Waals surface area contributed by atoms with E-state index in [2.05, 4.69) is 25.8 Å². The van der Waals surface area contributed by atoms with Crippen LogP contribution in [-0.4, -0.2) is 12.3 Å². The zero-order valence-electron chi connectivity index (χ0n) is 6.43. The average Bonchev–Trinajstić information content (AvgIpc) is 1.80. The summed E-state index contributed by atoms with van der Waals surface area (Å²) in [6.07, 6.45) is 5.26. The summed E-state index contributed by atoms with van der Waals surface area (Å²) in [6.45, 7) is 7.91. The first kappa shape index (κ1) is 8.67. The van der Waals surface area contributed by atoms with Crippen LogP contribution in [0.1, 0.15) is 33.1 Å².